The molecule has 2 heterocycles. The van der Waals surface area contributed by atoms with Gasteiger partial charge in [-0.2, -0.15) is 0 Å². The van der Waals surface area contributed by atoms with E-state index in [1.165, 1.54) is 0 Å². The normalized spacial score (nSPS) is 22.0. The number of ether oxygens (including phenoxy) is 5. The van der Waals surface area contributed by atoms with E-state index in [2.05, 4.69) is 28.9 Å². The van der Waals surface area contributed by atoms with Crippen LogP contribution in [0.2, 0.25) is 0 Å². The standard InChI is InChI=1S/C23H38N2O6/c1-20-16-21(18-24-2-6-27-7-3-24)23(26)22(17-20)19-25-4-8-28-10-12-30-14-15-31-13-11-29-9-5-25/h16-17,26H,2-15,18-19H2,1H3. The molecular weight excluding hydrogens is 400 g/mol. The third-order valence-electron chi connectivity index (χ3n) is 5.52. The van der Waals surface area contributed by atoms with Crippen LogP contribution in [-0.4, -0.2) is 107 Å². The Morgan fingerprint density at radius 1 is 0.613 bits per heavy atom. The van der Waals surface area contributed by atoms with E-state index in [9.17, 15) is 5.11 Å². The molecule has 0 bridgehead atoms. The van der Waals surface area contributed by atoms with Crippen molar-refractivity contribution in [3.8, 4) is 5.75 Å². The number of benzene rings is 1. The first kappa shape index (κ1) is 24.4. The second-order valence-corrected chi connectivity index (χ2v) is 8.05. The van der Waals surface area contributed by atoms with Crippen LogP contribution in [0.15, 0.2) is 12.1 Å². The minimum absolute atomic E-state index is 0.400. The Labute approximate surface area is 186 Å². The van der Waals surface area contributed by atoms with Crippen LogP contribution in [0.1, 0.15) is 16.7 Å². The first-order chi connectivity index (χ1) is 15.2. The molecular formula is C23H38N2O6. The summed E-state index contributed by atoms with van der Waals surface area (Å²) in [7, 11) is 0. The first-order valence-corrected chi connectivity index (χ1v) is 11.4. The summed E-state index contributed by atoms with van der Waals surface area (Å²) in [5.74, 6) is 0.400. The molecule has 31 heavy (non-hydrogen) atoms. The lowest BCUT2D eigenvalue weighted by Gasteiger charge is -2.28. The highest BCUT2D eigenvalue weighted by atomic mass is 16.6. The first-order valence-electron chi connectivity index (χ1n) is 11.4. The van der Waals surface area contributed by atoms with Crippen molar-refractivity contribution in [2.75, 3.05) is 92.2 Å². The van der Waals surface area contributed by atoms with Crippen LogP contribution in [0.3, 0.4) is 0 Å². The fraction of sp³-hybridized carbons (Fsp3) is 0.739. The van der Waals surface area contributed by atoms with E-state index in [0.29, 0.717) is 65.1 Å². The zero-order chi connectivity index (χ0) is 21.7. The zero-order valence-electron chi connectivity index (χ0n) is 18.9. The van der Waals surface area contributed by atoms with E-state index in [-0.39, 0.29) is 0 Å². The molecule has 1 aromatic carbocycles. The molecule has 0 unspecified atom stereocenters. The van der Waals surface area contributed by atoms with Gasteiger partial charge >= 0.3 is 0 Å². The maximum absolute atomic E-state index is 11.0. The van der Waals surface area contributed by atoms with Crippen LogP contribution in [-0.2, 0) is 36.8 Å². The monoisotopic (exact) mass is 438 g/mol. The van der Waals surface area contributed by atoms with E-state index in [1.54, 1.807) is 0 Å². The number of aryl methyl sites for hydroxylation is 1. The summed E-state index contributed by atoms with van der Waals surface area (Å²) in [5.41, 5.74) is 3.10. The van der Waals surface area contributed by atoms with Gasteiger partial charge in [0, 0.05) is 50.4 Å². The molecule has 0 spiro atoms. The Hall–Kier alpha value is -1.26. The Morgan fingerprint density at radius 3 is 1.32 bits per heavy atom. The molecule has 2 saturated heterocycles. The summed E-state index contributed by atoms with van der Waals surface area (Å²) >= 11 is 0. The van der Waals surface area contributed by atoms with E-state index >= 15 is 0 Å². The highest BCUT2D eigenvalue weighted by molar-refractivity contribution is 5.43. The van der Waals surface area contributed by atoms with Gasteiger partial charge in [0.05, 0.1) is 66.1 Å². The van der Waals surface area contributed by atoms with E-state index in [4.69, 9.17) is 23.7 Å². The van der Waals surface area contributed by atoms with Gasteiger partial charge in [0.2, 0.25) is 0 Å². The molecule has 2 aliphatic rings. The summed E-state index contributed by atoms with van der Waals surface area (Å²) < 4.78 is 27.9. The van der Waals surface area contributed by atoms with E-state index in [0.717, 1.165) is 62.6 Å². The highest BCUT2D eigenvalue weighted by Crippen LogP contribution is 2.27. The lowest BCUT2D eigenvalue weighted by molar-refractivity contribution is 0.00206. The maximum Gasteiger partial charge on any atom is 0.124 e. The SMILES string of the molecule is Cc1cc(CN2CCOCCOCCOCCOCC2)c(O)c(CN2CCOCC2)c1. The number of hydrogen-bond donors (Lipinski definition) is 1. The van der Waals surface area contributed by atoms with Crippen molar-refractivity contribution in [3.63, 3.8) is 0 Å². The Morgan fingerprint density at radius 2 is 0.935 bits per heavy atom. The molecule has 8 nitrogen and oxygen atoms in total. The number of morpholine rings is 1. The van der Waals surface area contributed by atoms with Crippen LogP contribution in [0.5, 0.6) is 5.75 Å². The minimum atomic E-state index is 0.400. The topological polar surface area (TPSA) is 72.9 Å². The van der Waals surface area contributed by atoms with Crippen molar-refractivity contribution < 1.29 is 28.8 Å². The van der Waals surface area contributed by atoms with Gasteiger partial charge < -0.3 is 28.8 Å². The third kappa shape index (κ3) is 9.02. The van der Waals surface area contributed by atoms with Crippen LogP contribution < -0.4 is 0 Å². The van der Waals surface area contributed by atoms with Crippen LogP contribution in [0, 0.1) is 6.92 Å². The second kappa shape index (κ2) is 14.0. The Bertz CT molecular complexity index is 623. The molecule has 1 N–H and O–H groups in total. The summed E-state index contributed by atoms with van der Waals surface area (Å²) in [6.45, 7) is 13.0. The van der Waals surface area contributed by atoms with Crippen molar-refractivity contribution in [2.24, 2.45) is 0 Å². The van der Waals surface area contributed by atoms with Crippen molar-refractivity contribution in [2.45, 2.75) is 20.0 Å². The van der Waals surface area contributed by atoms with Crippen LogP contribution in [0.4, 0.5) is 0 Å². The second-order valence-electron chi connectivity index (χ2n) is 8.05. The molecule has 0 aliphatic carbocycles. The predicted octanol–water partition coefficient (Wildman–Crippen LogP) is 1.41. The van der Waals surface area contributed by atoms with Crippen LogP contribution >= 0.6 is 0 Å². The smallest absolute Gasteiger partial charge is 0.124 e. The van der Waals surface area contributed by atoms with E-state index in [1.807, 2.05) is 0 Å². The highest BCUT2D eigenvalue weighted by Gasteiger charge is 2.17. The number of hydrogen-bond acceptors (Lipinski definition) is 8. The molecule has 0 aromatic heterocycles. The fourth-order valence-corrected chi connectivity index (χ4v) is 3.84. The number of phenolic OH excluding ortho intramolecular Hbond substituents is 1. The lowest BCUT2D eigenvalue weighted by atomic mass is 10.0. The zero-order valence-corrected chi connectivity index (χ0v) is 18.9. The van der Waals surface area contributed by atoms with E-state index < -0.39 is 0 Å². The number of phenols is 1. The quantitative estimate of drug-likeness (QED) is 0.757. The minimum Gasteiger partial charge on any atom is -0.507 e. The van der Waals surface area contributed by atoms with Crippen molar-refractivity contribution >= 4 is 0 Å². The van der Waals surface area contributed by atoms with Gasteiger partial charge in [-0.15, -0.1) is 0 Å². The van der Waals surface area contributed by atoms with Gasteiger partial charge in [0.25, 0.3) is 0 Å². The van der Waals surface area contributed by atoms with Crippen LogP contribution in [0.25, 0.3) is 0 Å². The average molecular weight is 439 g/mol. The predicted molar refractivity (Wildman–Crippen MR) is 117 cm³/mol. The van der Waals surface area contributed by atoms with Gasteiger partial charge in [0.1, 0.15) is 5.75 Å². The van der Waals surface area contributed by atoms with Crippen molar-refractivity contribution in [1.82, 2.24) is 9.80 Å². The largest absolute Gasteiger partial charge is 0.507 e. The van der Waals surface area contributed by atoms with Gasteiger partial charge in [-0.1, -0.05) is 17.7 Å². The van der Waals surface area contributed by atoms with Gasteiger partial charge in [-0.25, -0.2) is 0 Å². The molecule has 2 aliphatic heterocycles. The summed E-state index contributed by atoms with van der Waals surface area (Å²) in [5, 5.41) is 11.0. The maximum atomic E-state index is 11.0. The van der Waals surface area contributed by atoms with Gasteiger partial charge in [0.15, 0.2) is 0 Å². The molecule has 0 amide bonds. The average Bonchev–Trinajstić information content (AvgIpc) is 2.78. The summed E-state index contributed by atoms with van der Waals surface area (Å²) in [6.07, 6.45) is 0. The van der Waals surface area contributed by atoms with Crippen molar-refractivity contribution in [3.05, 3.63) is 28.8 Å². The fourth-order valence-electron chi connectivity index (χ4n) is 3.84. The van der Waals surface area contributed by atoms with Gasteiger partial charge in [-0.05, 0) is 6.92 Å². The Balaban J connectivity index is 1.61. The molecule has 176 valence electrons. The number of rotatable bonds is 4. The number of aromatic hydroxyl groups is 1. The van der Waals surface area contributed by atoms with Gasteiger partial charge in [-0.3, -0.25) is 9.80 Å². The molecule has 3 rings (SSSR count). The molecule has 1 aromatic rings. The molecule has 0 radical (unpaired) electrons. The molecule has 2 fully saturated rings. The molecule has 8 heteroatoms. The molecule has 0 saturated carbocycles. The molecule has 0 atom stereocenters. The van der Waals surface area contributed by atoms with Crippen molar-refractivity contribution in [1.29, 1.82) is 0 Å². The summed E-state index contributed by atoms with van der Waals surface area (Å²) in [6, 6.07) is 4.17. The lowest BCUT2D eigenvalue weighted by Crippen LogP contribution is -2.35. The third-order valence-corrected chi connectivity index (χ3v) is 5.52. The Kier molecular flexibility index (Phi) is 11.0. The summed E-state index contributed by atoms with van der Waals surface area (Å²) in [4.78, 5) is 4.60. The number of nitrogens with zero attached hydrogens (tertiary/aromatic N) is 2.